The van der Waals surface area contributed by atoms with E-state index in [1.807, 2.05) is 0 Å². The summed E-state index contributed by atoms with van der Waals surface area (Å²) >= 11 is 0. The van der Waals surface area contributed by atoms with Gasteiger partial charge >= 0.3 is 5.97 Å². The molecular weight excluding hydrogens is 230 g/mol. The molecule has 1 saturated heterocycles. The molecule has 1 heterocycles. The van der Waals surface area contributed by atoms with Crippen LogP contribution in [0.1, 0.15) is 17.5 Å². The van der Waals surface area contributed by atoms with Crippen molar-refractivity contribution in [1.82, 2.24) is 0 Å². The van der Waals surface area contributed by atoms with Gasteiger partial charge in [-0.1, -0.05) is 12.1 Å². The Morgan fingerprint density at radius 2 is 2.28 bits per heavy atom. The second-order valence-electron chi connectivity index (χ2n) is 4.81. The largest absolute Gasteiger partial charge is 0.481 e. The first-order valence-corrected chi connectivity index (χ1v) is 6.21. The topological polar surface area (TPSA) is 49.8 Å². The number of carboxylic acids is 1. The number of hydrogen-bond donors (Lipinski definition) is 1. The molecule has 0 saturated carbocycles. The van der Waals surface area contributed by atoms with Crippen molar-refractivity contribution in [3.8, 4) is 0 Å². The maximum absolute atomic E-state index is 10.9. The molecule has 1 aliphatic heterocycles. The standard InChI is InChI=1S/C14H19NO3/c1-10-3-4-11(2)13(7-10)15-5-6-18-9-12(15)8-14(16)17/h3-4,7,12H,5-6,8-9H2,1-2H3,(H,16,17). The van der Waals surface area contributed by atoms with Gasteiger partial charge in [0.15, 0.2) is 0 Å². The Morgan fingerprint density at radius 1 is 1.50 bits per heavy atom. The first-order chi connectivity index (χ1) is 8.58. The number of benzene rings is 1. The Bertz CT molecular complexity index is 445. The maximum Gasteiger partial charge on any atom is 0.305 e. The fraction of sp³-hybridized carbons (Fsp3) is 0.500. The Morgan fingerprint density at radius 3 is 3.00 bits per heavy atom. The molecule has 0 amide bonds. The molecule has 2 rings (SSSR count). The lowest BCUT2D eigenvalue weighted by atomic mass is 10.1. The fourth-order valence-electron chi connectivity index (χ4n) is 2.37. The SMILES string of the molecule is Cc1ccc(C)c(N2CCOCC2CC(=O)O)c1. The lowest BCUT2D eigenvalue weighted by Crippen LogP contribution is -2.47. The Labute approximate surface area is 107 Å². The van der Waals surface area contributed by atoms with Gasteiger partial charge < -0.3 is 14.7 Å². The van der Waals surface area contributed by atoms with Crippen LogP contribution in [0, 0.1) is 13.8 Å². The summed E-state index contributed by atoms with van der Waals surface area (Å²) in [6.07, 6.45) is 0.118. The lowest BCUT2D eigenvalue weighted by Gasteiger charge is -2.37. The highest BCUT2D eigenvalue weighted by Gasteiger charge is 2.26. The highest BCUT2D eigenvalue weighted by atomic mass is 16.5. The molecule has 1 unspecified atom stereocenters. The molecule has 1 fully saturated rings. The molecule has 1 N–H and O–H groups in total. The van der Waals surface area contributed by atoms with E-state index in [2.05, 4.69) is 36.9 Å². The van der Waals surface area contributed by atoms with Crippen LogP contribution in [0.15, 0.2) is 18.2 Å². The zero-order chi connectivity index (χ0) is 13.1. The number of morpholine rings is 1. The van der Waals surface area contributed by atoms with Crippen LogP contribution in [0.2, 0.25) is 0 Å². The van der Waals surface area contributed by atoms with Crippen LogP contribution in [0.4, 0.5) is 5.69 Å². The highest BCUT2D eigenvalue weighted by molar-refractivity contribution is 5.69. The molecular formula is C14H19NO3. The number of nitrogens with zero attached hydrogens (tertiary/aromatic N) is 1. The monoisotopic (exact) mass is 249 g/mol. The minimum absolute atomic E-state index is 0.0725. The molecule has 18 heavy (non-hydrogen) atoms. The van der Waals surface area contributed by atoms with Gasteiger partial charge in [0.05, 0.1) is 25.7 Å². The van der Waals surface area contributed by atoms with Crippen LogP contribution >= 0.6 is 0 Å². The van der Waals surface area contributed by atoms with Crippen molar-refractivity contribution < 1.29 is 14.6 Å². The molecule has 4 nitrogen and oxygen atoms in total. The molecule has 1 aromatic carbocycles. The number of carbonyl (C=O) groups is 1. The number of rotatable bonds is 3. The quantitative estimate of drug-likeness (QED) is 0.890. The Kier molecular flexibility index (Phi) is 3.87. The molecule has 4 heteroatoms. The first-order valence-electron chi connectivity index (χ1n) is 6.21. The average Bonchev–Trinajstić information content (AvgIpc) is 2.32. The van der Waals surface area contributed by atoms with E-state index in [1.165, 1.54) is 11.1 Å². The molecule has 1 atom stereocenters. The number of aryl methyl sites for hydroxylation is 2. The van der Waals surface area contributed by atoms with Crippen LogP contribution in [0.5, 0.6) is 0 Å². The molecule has 98 valence electrons. The van der Waals surface area contributed by atoms with Crippen molar-refractivity contribution in [3.05, 3.63) is 29.3 Å². The van der Waals surface area contributed by atoms with Gasteiger partial charge in [0.2, 0.25) is 0 Å². The molecule has 0 radical (unpaired) electrons. The molecule has 0 aliphatic carbocycles. The lowest BCUT2D eigenvalue weighted by molar-refractivity contribution is -0.138. The summed E-state index contributed by atoms with van der Waals surface area (Å²) < 4.78 is 5.40. The van der Waals surface area contributed by atoms with E-state index < -0.39 is 5.97 Å². The minimum Gasteiger partial charge on any atom is -0.481 e. The van der Waals surface area contributed by atoms with E-state index in [1.54, 1.807) is 0 Å². The van der Waals surface area contributed by atoms with Gasteiger partial charge in [0.25, 0.3) is 0 Å². The molecule has 0 bridgehead atoms. The number of hydrogen-bond acceptors (Lipinski definition) is 3. The van der Waals surface area contributed by atoms with Gasteiger partial charge in [-0.2, -0.15) is 0 Å². The zero-order valence-electron chi connectivity index (χ0n) is 10.8. The first kappa shape index (κ1) is 12.9. The normalized spacial score (nSPS) is 19.9. The van der Waals surface area contributed by atoms with E-state index in [-0.39, 0.29) is 12.5 Å². The van der Waals surface area contributed by atoms with Crippen LogP contribution < -0.4 is 4.90 Å². The van der Waals surface area contributed by atoms with Crippen LogP contribution in [0.25, 0.3) is 0 Å². The smallest absolute Gasteiger partial charge is 0.305 e. The predicted octanol–water partition coefficient (Wildman–Crippen LogP) is 1.98. The van der Waals surface area contributed by atoms with Crippen molar-refractivity contribution in [2.45, 2.75) is 26.3 Å². The van der Waals surface area contributed by atoms with Gasteiger partial charge in [-0.15, -0.1) is 0 Å². The van der Waals surface area contributed by atoms with Crippen LogP contribution in [0.3, 0.4) is 0 Å². The van der Waals surface area contributed by atoms with Crippen molar-refractivity contribution in [3.63, 3.8) is 0 Å². The second kappa shape index (κ2) is 5.40. The average molecular weight is 249 g/mol. The van der Waals surface area contributed by atoms with E-state index in [0.29, 0.717) is 13.2 Å². The summed E-state index contributed by atoms with van der Waals surface area (Å²) in [6.45, 7) is 6.00. The fourth-order valence-corrected chi connectivity index (χ4v) is 2.37. The molecule has 0 spiro atoms. The molecule has 0 aromatic heterocycles. The van der Waals surface area contributed by atoms with Gasteiger partial charge in [0, 0.05) is 12.2 Å². The summed E-state index contributed by atoms with van der Waals surface area (Å²) in [5, 5.41) is 8.97. The number of ether oxygens (including phenoxy) is 1. The van der Waals surface area contributed by atoms with E-state index in [9.17, 15) is 4.79 Å². The third kappa shape index (κ3) is 2.82. The summed E-state index contributed by atoms with van der Waals surface area (Å²) in [5.41, 5.74) is 3.50. The van der Waals surface area contributed by atoms with Gasteiger partial charge in [-0.3, -0.25) is 4.79 Å². The van der Waals surface area contributed by atoms with Gasteiger partial charge in [-0.05, 0) is 31.0 Å². The van der Waals surface area contributed by atoms with E-state index >= 15 is 0 Å². The van der Waals surface area contributed by atoms with Crippen molar-refractivity contribution >= 4 is 11.7 Å². The number of carboxylic acid groups (broad SMARTS) is 1. The third-order valence-corrected chi connectivity index (χ3v) is 3.31. The number of aliphatic carboxylic acids is 1. The number of anilines is 1. The molecule has 1 aliphatic rings. The Hall–Kier alpha value is -1.55. The minimum atomic E-state index is -0.777. The maximum atomic E-state index is 10.9. The van der Waals surface area contributed by atoms with E-state index in [4.69, 9.17) is 9.84 Å². The van der Waals surface area contributed by atoms with Crippen molar-refractivity contribution in [2.75, 3.05) is 24.7 Å². The van der Waals surface area contributed by atoms with Gasteiger partial charge in [0.1, 0.15) is 0 Å². The summed E-state index contributed by atoms with van der Waals surface area (Å²) in [6, 6.07) is 6.20. The predicted molar refractivity (Wildman–Crippen MR) is 70.1 cm³/mol. The summed E-state index contributed by atoms with van der Waals surface area (Å²) in [5.74, 6) is -0.777. The van der Waals surface area contributed by atoms with Crippen LogP contribution in [-0.4, -0.2) is 36.9 Å². The van der Waals surface area contributed by atoms with Gasteiger partial charge in [-0.25, -0.2) is 0 Å². The highest BCUT2D eigenvalue weighted by Crippen LogP contribution is 2.26. The van der Waals surface area contributed by atoms with Crippen LogP contribution in [-0.2, 0) is 9.53 Å². The van der Waals surface area contributed by atoms with E-state index in [0.717, 1.165) is 12.2 Å². The second-order valence-corrected chi connectivity index (χ2v) is 4.81. The summed E-state index contributed by atoms with van der Waals surface area (Å²) in [4.78, 5) is 13.1. The van der Waals surface area contributed by atoms with Crippen molar-refractivity contribution in [1.29, 1.82) is 0 Å². The third-order valence-electron chi connectivity index (χ3n) is 3.31. The van der Waals surface area contributed by atoms with Crippen molar-refractivity contribution in [2.24, 2.45) is 0 Å². The summed E-state index contributed by atoms with van der Waals surface area (Å²) in [7, 11) is 0. The zero-order valence-corrected chi connectivity index (χ0v) is 10.8. The molecule has 1 aromatic rings. The Balaban J connectivity index is 2.27.